The smallest absolute Gasteiger partial charge is 0.543 e. The average Bonchev–Trinajstić information content (AvgIpc) is 3.60. The maximum Gasteiger partial charge on any atom is 1.00 e. The predicted octanol–water partition coefficient (Wildman–Crippen LogP) is -2.27. The van der Waals surface area contributed by atoms with Crippen molar-refractivity contribution in [3.05, 3.63) is 46.7 Å². The molecule has 1 aromatic carbocycles. The molecular formula is C24H21N6NaO8S3. The SMILES string of the molecule is CCON=C(C(=O)N[C@@H]1C(=O)N2C(C(=O)[O-])=C(CSc3ncc(-c4ccc(O)c(O)c4)o3)CS[C@@H]12)c1csc(N)n1.[Na+]. The van der Waals surface area contributed by atoms with Crippen LogP contribution in [0.2, 0.25) is 0 Å². The van der Waals surface area contributed by atoms with Crippen molar-refractivity contribution in [3.63, 3.8) is 0 Å². The van der Waals surface area contributed by atoms with E-state index in [9.17, 15) is 29.7 Å². The van der Waals surface area contributed by atoms with Gasteiger partial charge in [-0.05, 0) is 30.7 Å². The fraction of sp³-hybridized carbons (Fsp3) is 0.250. The summed E-state index contributed by atoms with van der Waals surface area (Å²) in [5.41, 5.74) is 6.34. The van der Waals surface area contributed by atoms with Crippen molar-refractivity contribution in [3.8, 4) is 22.8 Å². The number of phenolic OH excluding ortho intramolecular Hbond substituents is 2. The van der Waals surface area contributed by atoms with Gasteiger partial charge in [0.25, 0.3) is 17.0 Å². The maximum absolute atomic E-state index is 13.0. The monoisotopic (exact) mass is 640 g/mol. The molecule has 1 fully saturated rings. The molecule has 4 heterocycles. The zero-order chi connectivity index (χ0) is 29.3. The molecule has 2 amide bonds. The number of amides is 2. The Morgan fingerprint density at radius 2 is 2.14 bits per heavy atom. The number of aromatic hydroxyl groups is 2. The van der Waals surface area contributed by atoms with Gasteiger partial charge < -0.3 is 40.4 Å². The number of nitrogens with zero attached hydrogens (tertiary/aromatic N) is 4. The Bertz CT molecular complexity index is 1590. The van der Waals surface area contributed by atoms with Gasteiger partial charge in [0.2, 0.25) is 0 Å². The van der Waals surface area contributed by atoms with Crippen LogP contribution in [0.25, 0.3) is 11.3 Å². The van der Waals surface area contributed by atoms with E-state index >= 15 is 0 Å². The number of thiazole rings is 1. The predicted molar refractivity (Wildman–Crippen MR) is 148 cm³/mol. The minimum atomic E-state index is -1.52. The number of carbonyl (C=O) groups is 3. The number of hydrogen-bond acceptors (Lipinski definition) is 15. The van der Waals surface area contributed by atoms with E-state index in [4.69, 9.17) is 15.0 Å². The Kier molecular flexibility index (Phi) is 10.1. The van der Waals surface area contributed by atoms with Crippen LogP contribution in [0.3, 0.4) is 0 Å². The topological polar surface area (TPSA) is 217 Å². The zero-order valence-corrected chi connectivity index (χ0v) is 26.5. The molecule has 5 N–H and O–H groups in total. The summed E-state index contributed by atoms with van der Waals surface area (Å²) in [6.07, 6.45) is 1.43. The van der Waals surface area contributed by atoms with Gasteiger partial charge in [0.15, 0.2) is 28.1 Å². The number of nitrogens with two attached hydrogens (primary N) is 1. The van der Waals surface area contributed by atoms with Crippen molar-refractivity contribution in [2.24, 2.45) is 5.16 Å². The van der Waals surface area contributed by atoms with E-state index in [1.807, 2.05) is 0 Å². The fourth-order valence-electron chi connectivity index (χ4n) is 4.01. The molecule has 3 aromatic rings. The summed E-state index contributed by atoms with van der Waals surface area (Å²) in [6, 6.07) is 3.17. The van der Waals surface area contributed by atoms with E-state index in [1.165, 1.54) is 35.5 Å². The number of fused-ring (bicyclic) bond motifs is 1. The normalized spacial score (nSPS) is 18.2. The number of carboxylic acids is 1. The number of carbonyl (C=O) groups excluding carboxylic acids is 3. The molecule has 18 heteroatoms. The van der Waals surface area contributed by atoms with Crippen LogP contribution in [0.15, 0.2) is 55.8 Å². The molecule has 42 heavy (non-hydrogen) atoms. The third kappa shape index (κ3) is 6.40. The number of β-lactam (4-membered cyclic amide) rings is 1. The number of aliphatic carboxylic acids is 1. The second kappa shape index (κ2) is 13.4. The van der Waals surface area contributed by atoms with Gasteiger partial charge in [-0.25, -0.2) is 9.97 Å². The quantitative estimate of drug-likeness (QED) is 0.0460. The first-order valence-electron chi connectivity index (χ1n) is 11.9. The fourth-order valence-corrected chi connectivity index (χ4v) is 6.84. The summed E-state index contributed by atoms with van der Waals surface area (Å²) >= 11 is 3.51. The Morgan fingerprint density at radius 3 is 2.81 bits per heavy atom. The maximum atomic E-state index is 13.0. The number of aromatic nitrogens is 2. The van der Waals surface area contributed by atoms with Gasteiger partial charge in [0.1, 0.15) is 23.7 Å². The molecule has 0 unspecified atom stereocenters. The van der Waals surface area contributed by atoms with Gasteiger partial charge in [-0.2, -0.15) is 0 Å². The van der Waals surface area contributed by atoms with Crippen molar-refractivity contribution < 1.29 is 68.5 Å². The third-order valence-corrected chi connectivity index (χ3v) is 8.85. The molecule has 0 bridgehead atoms. The molecule has 2 aliphatic rings. The standard InChI is InChI=1S/C24H22N6O8S3.Na/c1-2-37-29-16(12-9-40-23(25)27-12)19(33)28-17-20(34)30-18(22(35)36)11(7-39-21(17)30)8-41-24-26-6-15(38-24)10-3-4-13(31)14(32)5-10;/h3-6,9,17,21,31-32H,2,7-8H2,1H3,(H2,25,27)(H,28,33)(H,35,36);/q;+1/p-1/t17-,21+;/m1./s1. The molecule has 1 saturated heterocycles. The van der Waals surface area contributed by atoms with Gasteiger partial charge in [0.05, 0.1) is 17.9 Å². The first kappa shape index (κ1) is 31.7. The largest absolute Gasteiger partial charge is 1.00 e. The van der Waals surface area contributed by atoms with Gasteiger partial charge in [-0.15, -0.1) is 23.1 Å². The zero-order valence-electron chi connectivity index (χ0n) is 22.1. The second-order valence-electron chi connectivity index (χ2n) is 8.51. The minimum Gasteiger partial charge on any atom is -0.543 e. The molecule has 5 rings (SSSR count). The molecule has 0 aliphatic carbocycles. The van der Waals surface area contributed by atoms with Gasteiger partial charge in [0, 0.05) is 22.4 Å². The van der Waals surface area contributed by atoms with Crippen LogP contribution in [-0.4, -0.2) is 78.1 Å². The first-order chi connectivity index (χ1) is 19.7. The number of anilines is 1. The third-order valence-electron chi connectivity index (χ3n) is 5.91. The van der Waals surface area contributed by atoms with Crippen LogP contribution in [0.5, 0.6) is 11.5 Å². The second-order valence-corrected chi connectivity index (χ2v) is 11.4. The first-order valence-corrected chi connectivity index (χ1v) is 14.8. The summed E-state index contributed by atoms with van der Waals surface area (Å²) in [5.74, 6) is -2.72. The summed E-state index contributed by atoms with van der Waals surface area (Å²) < 4.78 is 5.69. The number of nitrogens with one attached hydrogen (secondary N) is 1. The van der Waals surface area contributed by atoms with E-state index in [-0.39, 0.29) is 86.6 Å². The van der Waals surface area contributed by atoms with Gasteiger partial charge in [-0.3, -0.25) is 14.5 Å². The number of hydrogen-bond donors (Lipinski definition) is 4. The Morgan fingerprint density at radius 1 is 1.36 bits per heavy atom. The van der Waals surface area contributed by atoms with Crippen molar-refractivity contribution in [2.45, 2.75) is 23.6 Å². The van der Waals surface area contributed by atoms with E-state index in [0.717, 1.165) is 28.0 Å². The number of carboxylic acid groups (broad SMARTS) is 1. The van der Waals surface area contributed by atoms with Gasteiger partial charge in [-0.1, -0.05) is 16.9 Å². The minimum absolute atomic E-state index is 0. The van der Waals surface area contributed by atoms with Crippen molar-refractivity contribution in [2.75, 3.05) is 23.8 Å². The molecular weight excluding hydrogens is 619 g/mol. The van der Waals surface area contributed by atoms with Crippen LogP contribution < -0.4 is 45.7 Å². The van der Waals surface area contributed by atoms with E-state index in [2.05, 4.69) is 20.4 Å². The number of nitrogen functional groups attached to an aromatic ring is 1. The van der Waals surface area contributed by atoms with Crippen LogP contribution in [-0.2, 0) is 19.2 Å². The van der Waals surface area contributed by atoms with Crippen LogP contribution in [0.4, 0.5) is 5.13 Å². The molecule has 0 spiro atoms. The number of oxime groups is 1. The number of phenols is 2. The van der Waals surface area contributed by atoms with E-state index in [0.29, 0.717) is 16.9 Å². The average molecular weight is 641 g/mol. The molecule has 2 atom stereocenters. The number of oxazole rings is 1. The number of benzene rings is 1. The Hall–Kier alpha value is -3.22. The Labute approximate surface area is 272 Å². The van der Waals surface area contributed by atoms with Crippen molar-refractivity contribution in [1.29, 1.82) is 0 Å². The van der Waals surface area contributed by atoms with Crippen LogP contribution in [0.1, 0.15) is 12.6 Å². The van der Waals surface area contributed by atoms with E-state index < -0.39 is 29.2 Å². The molecule has 0 saturated carbocycles. The molecule has 0 radical (unpaired) electrons. The van der Waals surface area contributed by atoms with Crippen LogP contribution in [0, 0.1) is 0 Å². The molecule has 2 aliphatic heterocycles. The number of thioether (sulfide) groups is 2. The van der Waals surface area contributed by atoms with Crippen molar-refractivity contribution >= 4 is 63.5 Å². The molecule has 2 aromatic heterocycles. The summed E-state index contributed by atoms with van der Waals surface area (Å²) in [6.45, 7) is 1.88. The van der Waals surface area contributed by atoms with Crippen LogP contribution >= 0.6 is 34.9 Å². The Balaban J connectivity index is 0.00000405. The van der Waals surface area contributed by atoms with Crippen molar-refractivity contribution in [1.82, 2.24) is 20.2 Å². The number of rotatable bonds is 10. The van der Waals surface area contributed by atoms with E-state index in [1.54, 1.807) is 13.0 Å². The summed E-state index contributed by atoms with van der Waals surface area (Å²) in [4.78, 5) is 52.5. The summed E-state index contributed by atoms with van der Waals surface area (Å²) in [5, 5.41) is 39.0. The van der Waals surface area contributed by atoms with Gasteiger partial charge >= 0.3 is 29.6 Å². The molecule has 214 valence electrons. The molecule has 14 nitrogen and oxygen atoms in total. The summed E-state index contributed by atoms with van der Waals surface area (Å²) in [7, 11) is 0.